The Morgan fingerprint density at radius 3 is 2.75 bits per heavy atom. The number of benzene rings is 2. The van der Waals surface area contributed by atoms with Crippen LogP contribution in [0.25, 0.3) is 0 Å². The molecule has 0 aliphatic carbocycles. The van der Waals surface area contributed by atoms with E-state index >= 15 is 0 Å². The van der Waals surface area contributed by atoms with Gasteiger partial charge in [0.05, 0.1) is 12.2 Å². The van der Waals surface area contributed by atoms with Crippen molar-refractivity contribution in [1.82, 2.24) is 10.7 Å². The van der Waals surface area contributed by atoms with E-state index in [0.29, 0.717) is 0 Å². The lowest BCUT2D eigenvalue weighted by Crippen LogP contribution is -2.42. The molecule has 2 aromatic rings. The summed E-state index contributed by atoms with van der Waals surface area (Å²) >= 11 is 0. The predicted molar refractivity (Wildman–Crippen MR) is 81.0 cm³/mol. The highest BCUT2D eigenvalue weighted by Gasteiger charge is 2.21. The Labute approximate surface area is 119 Å². The fraction of sp³-hybridized carbons (Fsp3) is 0.188. The summed E-state index contributed by atoms with van der Waals surface area (Å²) in [6.07, 6.45) is 2.97. The molecule has 0 spiro atoms. The fourth-order valence-electron chi connectivity index (χ4n) is 2.30. The van der Waals surface area contributed by atoms with Gasteiger partial charge in [0.15, 0.2) is 0 Å². The zero-order valence-electron chi connectivity index (χ0n) is 11.7. The second-order valence-electron chi connectivity index (χ2n) is 4.96. The Morgan fingerprint density at radius 2 is 1.95 bits per heavy atom. The van der Waals surface area contributed by atoms with Crippen LogP contribution in [0.5, 0.6) is 0 Å². The van der Waals surface area contributed by atoms with Crippen molar-refractivity contribution in [3.05, 3.63) is 65.2 Å². The van der Waals surface area contributed by atoms with Gasteiger partial charge in [-0.05, 0) is 31.0 Å². The van der Waals surface area contributed by atoms with Gasteiger partial charge in [0, 0.05) is 0 Å². The highest BCUT2D eigenvalue weighted by Crippen LogP contribution is 2.22. The van der Waals surface area contributed by atoms with Crippen molar-refractivity contribution in [2.45, 2.75) is 20.4 Å². The van der Waals surface area contributed by atoms with Crippen molar-refractivity contribution in [3.63, 3.8) is 0 Å². The lowest BCUT2D eigenvalue weighted by atomic mass is 10.1. The molecule has 1 aliphatic rings. The smallest absolute Gasteiger partial charge is 0.217 e. The van der Waals surface area contributed by atoms with Gasteiger partial charge in [-0.3, -0.25) is 0 Å². The van der Waals surface area contributed by atoms with Gasteiger partial charge in [-0.15, -0.1) is 10.2 Å². The topological polar surface area (TPSA) is 30.9 Å². The van der Waals surface area contributed by atoms with Crippen LogP contribution in [0.1, 0.15) is 16.7 Å². The van der Waals surface area contributed by atoms with Crippen LogP contribution in [0.3, 0.4) is 0 Å². The average molecular weight is 265 g/mol. The van der Waals surface area contributed by atoms with E-state index in [0.717, 1.165) is 12.2 Å². The van der Waals surface area contributed by atoms with E-state index in [-0.39, 0.29) is 0 Å². The highest BCUT2D eigenvalue weighted by atomic mass is 15.9. The monoisotopic (exact) mass is 265 g/mol. The fourth-order valence-corrected chi connectivity index (χ4v) is 2.30. The average Bonchev–Trinajstić information content (AvgIpc) is 2.87. The van der Waals surface area contributed by atoms with Crippen LogP contribution in [0.15, 0.2) is 53.6 Å². The molecule has 0 unspecified atom stereocenters. The number of hydrogen-bond acceptors (Lipinski definition) is 4. The Bertz CT molecular complexity index is 636. The lowest BCUT2D eigenvalue weighted by Gasteiger charge is -2.27. The maximum Gasteiger partial charge on any atom is 0.217 e. The maximum absolute atomic E-state index is 4.03. The van der Waals surface area contributed by atoms with Gasteiger partial charge in [-0.2, -0.15) is 0 Å². The summed E-state index contributed by atoms with van der Waals surface area (Å²) in [5.74, 6) is 0. The third-order valence-corrected chi connectivity index (χ3v) is 3.31. The summed E-state index contributed by atoms with van der Waals surface area (Å²) in [4.78, 5) is 0. The van der Waals surface area contributed by atoms with Crippen molar-refractivity contribution in [3.8, 4) is 0 Å². The molecule has 0 aromatic heterocycles. The van der Waals surface area contributed by atoms with E-state index in [2.05, 4.69) is 67.2 Å². The summed E-state index contributed by atoms with van der Waals surface area (Å²) < 4.78 is 0. The molecule has 2 aromatic carbocycles. The quantitative estimate of drug-likeness (QED) is 0.925. The van der Waals surface area contributed by atoms with E-state index in [1.165, 1.54) is 16.7 Å². The molecule has 101 valence electrons. The second kappa shape index (κ2) is 5.35. The van der Waals surface area contributed by atoms with E-state index in [1.54, 1.807) is 0 Å². The van der Waals surface area contributed by atoms with Crippen LogP contribution in [0.2, 0.25) is 0 Å². The van der Waals surface area contributed by atoms with Crippen LogP contribution < -0.4 is 10.5 Å². The zero-order chi connectivity index (χ0) is 13.9. The second-order valence-corrected chi connectivity index (χ2v) is 4.96. The van der Waals surface area contributed by atoms with Crippen molar-refractivity contribution in [2.24, 2.45) is 5.10 Å². The molecule has 1 aliphatic heterocycles. The third-order valence-electron chi connectivity index (χ3n) is 3.31. The van der Waals surface area contributed by atoms with Gasteiger partial charge < -0.3 is 0 Å². The molecule has 1 N–H and O–H groups in total. The van der Waals surface area contributed by atoms with Crippen molar-refractivity contribution in [1.29, 1.82) is 0 Å². The van der Waals surface area contributed by atoms with E-state index < -0.39 is 0 Å². The summed E-state index contributed by atoms with van der Waals surface area (Å²) in [5, 5.41) is 7.89. The summed E-state index contributed by atoms with van der Waals surface area (Å²) in [7, 11) is 0. The molecule has 0 saturated heterocycles. The molecule has 1 heterocycles. The first-order chi connectivity index (χ1) is 9.74. The number of hydrogen-bond donors (Lipinski definition) is 1. The Morgan fingerprint density at radius 1 is 1.10 bits per heavy atom. The molecule has 0 amide bonds. The van der Waals surface area contributed by atoms with Crippen LogP contribution in [-0.4, -0.2) is 11.5 Å². The number of rotatable bonds is 3. The predicted octanol–water partition coefficient (Wildman–Crippen LogP) is 2.87. The van der Waals surface area contributed by atoms with E-state index in [4.69, 9.17) is 0 Å². The molecular weight excluding hydrogens is 248 g/mol. The number of anilines is 1. The first-order valence-electron chi connectivity index (χ1n) is 6.64. The van der Waals surface area contributed by atoms with Gasteiger partial charge in [0.1, 0.15) is 0 Å². The SMILES string of the molecule is Cc1cccc(CN2NN=[C]N2c2ccccc2C)c1. The normalized spacial score (nSPS) is 14.6. The van der Waals surface area contributed by atoms with E-state index in [1.807, 2.05) is 22.3 Å². The molecule has 1 radical (unpaired) electrons. The number of aryl methyl sites for hydroxylation is 2. The number of nitrogens with one attached hydrogen (secondary N) is 1. The molecule has 4 nitrogen and oxygen atoms in total. The van der Waals surface area contributed by atoms with Crippen LogP contribution in [-0.2, 0) is 6.54 Å². The molecular formula is C16H17N4. The third kappa shape index (κ3) is 2.51. The Balaban J connectivity index is 1.82. The minimum Gasteiger partial charge on any atom is -0.232 e. The molecule has 0 bridgehead atoms. The Kier molecular flexibility index (Phi) is 3.39. The van der Waals surface area contributed by atoms with Crippen LogP contribution >= 0.6 is 0 Å². The van der Waals surface area contributed by atoms with Gasteiger partial charge in [0.25, 0.3) is 0 Å². The van der Waals surface area contributed by atoms with Gasteiger partial charge in [-0.25, -0.2) is 10.5 Å². The maximum atomic E-state index is 4.03. The van der Waals surface area contributed by atoms with Crippen molar-refractivity contribution in [2.75, 3.05) is 5.01 Å². The number of hydrazone groups is 1. The van der Waals surface area contributed by atoms with Crippen LogP contribution in [0.4, 0.5) is 5.69 Å². The molecule has 20 heavy (non-hydrogen) atoms. The molecule has 0 atom stereocenters. The van der Waals surface area contributed by atoms with Crippen LogP contribution in [0, 0.1) is 13.8 Å². The number of para-hydroxylation sites is 1. The molecule has 4 heteroatoms. The molecule has 0 fully saturated rings. The number of hydrazine groups is 2. The Hall–Kier alpha value is -2.33. The summed E-state index contributed by atoms with van der Waals surface area (Å²) in [6.45, 7) is 4.91. The molecule has 0 saturated carbocycles. The summed E-state index contributed by atoms with van der Waals surface area (Å²) in [6, 6.07) is 16.7. The summed E-state index contributed by atoms with van der Waals surface area (Å²) in [5.41, 5.74) is 7.73. The molecule has 3 rings (SSSR count). The highest BCUT2D eigenvalue weighted by molar-refractivity contribution is 5.80. The largest absolute Gasteiger partial charge is 0.232 e. The lowest BCUT2D eigenvalue weighted by molar-refractivity contribution is 0.213. The van der Waals surface area contributed by atoms with Crippen molar-refractivity contribution < 1.29 is 0 Å². The van der Waals surface area contributed by atoms with Gasteiger partial charge >= 0.3 is 0 Å². The van der Waals surface area contributed by atoms with Gasteiger partial charge in [0.2, 0.25) is 6.34 Å². The van der Waals surface area contributed by atoms with Gasteiger partial charge in [-0.1, -0.05) is 48.0 Å². The first-order valence-corrected chi connectivity index (χ1v) is 6.64. The van der Waals surface area contributed by atoms with Crippen molar-refractivity contribution >= 4 is 12.0 Å². The first kappa shape index (κ1) is 12.7. The minimum absolute atomic E-state index is 0.729. The number of nitrogens with zero attached hydrogens (tertiary/aromatic N) is 3. The zero-order valence-corrected chi connectivity index (χ0v) is 11.7. The standard InChI is InChI=1S/C16H17N4/c1-13-6-5-8-15(10-13)11-20-18-17-12-19(20)16-9-4-3-7-14(16)2/h3-10,18H,11H2,1-2H3. The minimum atomic E-state index is 0.729. The van der Waals surface area contributed by atoms with E-state index in [9.17, 15) is 0 Å².